The van der Waals surface area contributed by atoms with E-state index in [1.807, 2.05) is 56.8 Å². The lowest BCUT2D eigenvalue weighted by Crippen LogP contribution is -2.27. The third kappa shape index (κ3) is 4.29. The van der Waals surface area contributed by atoms with Crippen molar-refractivity contribution in [2.24, 2.45) is 7.05 Å². The van der Waals surface area contributed by atoms with E-state index >= 15 is 0 Å². The van der Waals surface area contributed by atoms with Crippen LogP contribution in [0.1, 0.15) is 50.2 Å². The van der Waals surface area contributed by atoms with E-state index in [2.05, 4.69) is 15.5 Å². The number of amides is 2. The van der Waals surface area contributed by atoms with Crippen molar-refractivity contribution < 1.29 is 9.59 Å². The number of benzene rings is 1. The Hall–Kier alpha value is -4.01. The molecule has 9 heteroatoms. The van der Waals surface area contributed by atoms with Gasteiger partial charge in [-0.05, 0) is 45.9 Å². The molecule has 3 aromatic heterocycles. The quantitative estimate of drug-likeness (QED) is 0.463. The summed E-state index contributed by atoms with van der Waals surface area (Å²) in [6.07, 6.45) is 1.82. The van der Waals surface area contributed by atoms with Crippen LogP contribution in [0.5, 0.6) is 0 Å². The second kappa shape index (κ2) is 9.32. The first-order chi connectivity index (χ1) is 16.7. The number of nitrogens with zero attached hydrogens (tertiary/aromatic N) is 6. The molecular formula is C26H31N7O2. The van der Waals surface area contributed by atoms with Gasteiger partial charge < -0.3 is 10.2 Å². The van der Waals surface area contributed by atoms with Crippen LogP contribution in [0.15, 0.2) is 30.5 Å². The van der Waals surface area contributed by atoms with Gasteiger partial charge in [-0.2, -0.15) is 10.2 Å². The number of rotatable bonds is 6. The average molecular weight is 474 g/mol. The summed E-state index contributed by atoms with van der Waals surface area (Å²) < 4.78 is 3.47. The minimum atomic E-state index is -0.223. The normalized spacial score (nSPS) is 11.2. The molecule has 0 radical (unpaired) electrons. The molecule has 1 aromatic carbocycles. The summed E-state index contributed by atoms with van der Waals surface area (Å²) in [6.45, 7) is 9.12. The third-order valence-corrected chi connectivity index (χ3v) is 6.42. The molecule has 0 unspecified atom stereocenters. The highest BCUT2D eigenvalue weighted by molar-refractivity contribution is 6.07. The lowest BCUT2D eigenvalue weighted by Gasteiger charge is -2.19. The Bertz CT molecular complexity index is 1450. The van der Waals surface area contributed by atoms with Crippen LogP contribution >= 0.6 is 0 Å². The van der Waals surface area contributed by atoms with Crippen LogP contribution in [-0.2, 0) is 20.1 Å². The van der Waals surface area contributed by atoms with Gasteiger partial charge in [0.25, 0.3) is 11.8 Å². The largest absolute Gasteiger partial charge is 0.354 e. The minimum absolute atomic E-state index is 0.118. The van der Waals surface area contributed by atoms with E-state index in [-0.39, 0.29) is 11.8 Å². The van der Waals surface area contributed by atoms with Crippen molar-refractivity contribution in [1.29, 1.82) is 0 Å². The van der Waals surface area contributed by atoms with Gasteiger partial charge in [0.1, 0.15) is 11.4 Å². The lowest BCUT2D eigenvalue weighted by atomic mass is 10.0. The fourth-order valence-corrected chi connectivity index (χ4v) is 4.44. The van der Waals surface area contributed by atoms with Gasteiger partial charge in [-0.15, -0.1) is 0 Å². The summed E-state index contributed by atoms with van der Waals surface area (Å²) in [7, 11) is 5.11. The summed E-state index contributed by atoms with van der Waals surface area (Å²) in [5, 5.41) is 12.4. The second-order valence-electron chi connectivity index (χ2n) is 8.83. The zero-order chi connectivity index (χ0) is 25.4. The Kier molecular flexibility index (Phi) is 6.43. The number of pyridine rings is 1. The Balaban J connectivity index is 1.82. The van der Waals surface area contributed by atoms with Gasteiger partial charge in [0.2, 0.25) is 0 Å². The van der Waals surface area contributed by atoms with Crippen LogP contribution in [0, 0.1) is 20.8 Å². The number of aryl methyl sites for hydroxylation is 3. The van der Waals surface area contributed by atoms with Crippen LogP contribution < -0.4 is 5.32 Å². The number of fused-ring (bicyclic) bond motifs is 1. The van der Waals surface area contributed by atoms with Gasteiger partial charge in [-0.25, -0.2) is 4.98 Å². The predicted octanol–water partition coefficient (Wildman–Crippen LogP) is 3.41. The second-order valence-corrected chi connectivity index (χ2v) is 8.83. The SMILES string of the molecule is CCn1ncc(CN(C)C(=O)c2cc(-c3nn(C)c(C(=O)NC)c3C)nc3ccc(C)cc23)c1C. The minimum Gasteiger partial charge on any atom is -0.354 e. The van der Waals surface area contributed by atoms with Crippen molar-refractivity contribution in [1.82, 2.24) is 34.8 Å². The number of hydrogen-bond acceptors (Lipinski definition) is 5. The molecule has 9 nitrogen and oxygen atoms in total. The number of carbonyl (C=O) groups excluding carboxylic acids is 2. The molecule has 0 saturated heterocycles. The first-order valence-electron chi connectivity index (χ1n) is 11.6. The van der Waals surface area contributed by atoms with Gasteiger partial charge >= 0.3 is 0 Å². The van der Waals surface area contributed by atoms with Crippen LogP contribution in [0.4, 0.5) is 0 Å². The Morgan fingerprint density at radius 1 is 1.14 bits per heavy atom. The highest BCUT2D eigenvalue weighted by atomic mass is 16.2. The average Bonchev–Trinajstić information content (AvgIpc) is 3.35. The van der Waals surface area contributed by atoms with Gasteiger partial charge in [0, 0.05) is 56.4 Å². The molecule has 35 heavy (non-hydrogen) atoms. The van der Waals surface area contributed by atoms with E-state index < -0.39 is 0 Å². The van der Waals surface area contributed by atoms with E-state index in [1.54, 1.807) is 36.8 Å². The molecule has 0 atom stereocenters. The molecule has 0 spiro atoms. The number of carbonyl (C=O) groups is 2. The van der Waals surface area contributed by atoms with E-state index in [4.69, 9.17) is 4.98 Å². The molecule has 3 heterocycles. The Labute approximate surface area is 204 Å². The highest BCUT2D eigenvalue weighted by Crippen LogP contribution is 2.29. The molecule has 1 N–H and O–H groups in total. The van der Waals surface area contributed by atoms with E-state index in [1.165, 1.54) is 0 Å². The van der Waals surface area contributed by atoms with Crippen molar-refractivity contribution in [3.05, 3.63) is 64.1 Å². The molecule has 2 amide bonds. The standard InChI is InChI=1S/C26H31N7O2/c1-8-33-17(4)18(13-28-33)14-31(6)26(35)20-12-22(29-21-10-9-15(2)11-19(20)21)23-16(3)24(25(34)27-5)32(7)30-23/h9-13H,8,14H2,1-7H3,(H,27,34). The zero-order valence-corrected chi connectivity index (χ0v) is 21.3. The molecule has 0 aliphatic rings. The van der Waals surface area contributed by atoms with E-state index in [0.29, 0.717) is 40.3 Å². The fraction of sp³-hybridized carbons (Fsp3) is 0.346. The van der Waals surface area contributed by atoms with E-state index in [9.17, 15) is 9.59 Å². The fourth-order valence-electron chi connectivity index (χ4n) is 4.44. The molecule has 182 valence electrons. The third-order valence-electron chi connectivity index (χ3n) is 6.42. The van der Waals surface area contributed by atoms with Crippen molar-refractivity contribution >= 4 is 22.7 Å². The summed E-state index contributed by atoms with van der Waals surface area (Å²) in [5.74, 6) is -0.341. The zero-order valence-electron chi connectivity index (χ0n) is 21.3. The van der Waals surface area contributed by atoms with Crippen LogP contribution in [0.25, 0.3) is 22.3 Å². The maximum atomic E-state index is 13.7. The molecule has 0 fully saturated rings. The molecule has 0 aliphatic heterocycles. The first-order valence-corrected chi connectivity index (χ1v) is 11.6. The lowest BCUT2D eigenvalue weighted by molar-refractivity contribution is 0.0786. The summed E-state index contributed by atoms with van der Waals surface area (Å²) >= 11 is 0. The van der Waals surface area contributed by atoms with Crippen LogP contribution in [-0.4, -0.2) is 55.4 Å². The summed E-state index contributed by atoms with van der Waals surface area (Å²) in [5.41, 5.74) is 6.64. The molecule has 0 saturated carbocycles. The van der Waals surface area contributed by atoms with Crippen LogP contribution in [0.3, 0.4) is 0 Å². The van der Waals surface area contributed by atoms with Gasteiger partial charge in [0.05, 0.1) is 23.0 Å². The maximum Gasteiger partial charge on any atom is 0.269 e. The Morgan fingerprint density at radius 2 is 1.89 bits per heavy atom. The number of hydrogen-bond donors (Lipinski definition) is 1. The summed E-state index contributed by atoms with van der Waals surface area (Å²) in [6, 6.07) is 7.65. The summed E-state index contributed by atoms with van der Waals surface area (Å²) in [4.78, 5) is 32.6. The van der Waals surface area contributed by atoms with Crippen molar-refractivity contribution in [2.45, 2.75) is 40.8 Å². The molecule has 4 rings (SSSR count). The molecule has 0 bridgehead atoms. The van der Waals surface area contributed by atoms with Crippen molar-refractivity contribution in [2.75, 3.05) is 14.1 Å². The molecule has 0 aliphatic carbocycles. The monoisotopic (exact) mass is 473 g/mol. The van der Waals surface area contributed by atoms with Crippen molar-refractivity contribution in [3.63, 3.8) is 0 Å². The topological polar surface area (TPSA) is 97.9 Å². The molecule has 4 aromatic rings. The Morgan fingerprint density at radius 3 is 2.54 bits per heavy atom. The number of aromatic nitrogens is 5. The van der Waals surface area contributed by atoms with Crippen LogP contribution in [0.2, 0.25) is 0 Å². The highest BCUT2D eigenvalue weighted by Gasteiger charge is 2.23. The number of nitrogens with one attached hydrogen (secondary N) is 1. The first kappa shape index (κ1) is 24.1. The maximum absolute atomic E-state index is 13.7. The van der Waals surface area contributed by atoms with Gasteiger partial charge in [0.15, 0.2) is 0 Å². The van der Waals surface area contributed by atoms with Gasteiger partial charge in [-0.1, -0.05) is 11.6 Å². The van der Waals surface area contributed by atoms with Crippen molar-refractivity contribution in [3.8, 4) is 11.4 Å². The molecular weight excluding hydrogens is 442 g/mol. The predicted molar refractivity (Wildman–Crippen MR) is 135 cm³/mol. The van der Waals surface area contributed by atoms with Gasteiger partial charge in [-0.3, -0.25) is 19.0 Å². The van der Waals surface area contributed by atoms with E-state index in [0.717, 1.165) is 28.8 Å². The smallest absolute Gasteiger partial charge is 0.269 e.